The van der Waals surface area contributed by atoms with Gasteiger partial charge in [0.15, 0.2) is 0 Å². The summed E-state index contributed by atoms with van der Waals surface area (Å²) in [4.78, 5) is 2.35. The van der Waals surface area contributed by atoms with Crippen molar-refractivity contribution in [3.63, 3.8) is 0 Å². The highest BCUT2D eigenvalue weighted by Gasteiger charge is 2.25. The summed E-state index contributed by atoms with van der Waals surface area (Å²) in [6.45, 7) is 5.01. The summed E-state index contributed by atoms with van der Waals surface area (Å²) in [5.74, 6) is 0. The number of rotatable bonds is 1. The molecule has 1 aliphatic rings. The van der Waals surface area contributed by atoms with Crippen molar-refractivity contribution in [2.45, 2.75) is 12.6 Å². The molecule has 2 heterocycles. The second-order valence-corrected chi connectivity index (χ2v) is 6.32. The van der Waals surface area contributed by atoms with Gasteiger partial charge in [-0.05, 0) is 36.4 Å². The number of hydrogen-bond acceptors (Lipinski definition) is 2. The van der Waals surface area contributed by atoms with E-state index in [1.807, 2.05) is 17.4 Å². The molecule has 3 aromatic rings. The molecule has 0 saturated heterocycles. The lowest BCUT2D eigenvalue weighted by molar-refractivity contribution is 0.312. The number of fused-ring (bicyclic) bond motifs is 4. The third-order valence-corrected chi connectivity index (χ3v) is 5.21. The average Bonchev–Trinajstić information content (AvgIpc) is 2.92. The standard InChI is InChI=1S/C17H15NS/c1-3-15-13-9-14-12-6-4-5-7-16(12)19-17(14)8-11(13)10-18(15)2/h3-9,15H,1,10H2,2H3. The summed E-state index contributed by atoms with van der Waals surface area (Å²) in [5, 5.41) is 2.77. The van der Waals surface area contributed by atoms with Crippen LogP contribution in [0.15, 0.2) is 49.1 Å². The van der Waals surface area contributed by atoms with Gasteiger partial charge in [0.05, 0.1) is 6.04 Å². The molecule has 0 spiro atoms. The molecule has 1 unspecified atom stereocenters. The fourth-order valence-electron chi connectivity index (χ4n) is 3.15. The Morgan fingerprint density at radius 2 is 2.05 bits per heavy atom. The molecule has 4 rings (SSSR count). The molecular weight excluding hydrogens is 250 g/mol. The monoisotopic (exact) mass is 265 g/mol. The zero-order chi connectivity index (χ0) is 13.0. The third kappa shape index (κ3) is 1.50. The molecule has 19 heavy (non-hydrogen) atoms. The zero-order valence-electron chi connectivity index (χ0n) is 10.9. The molecule has 0 aliphatic carbocycles. The van der Waals surface area contributed by atoms with Crippen LogP contribution in [0.3, 0.4) is 0 Å². The number of hydrogen-bond donors (Lipinski definition) is 0. The second-order valence-electron chi connectivity index (χ2n) is 5.24. The smallest absolute Gasteiger partial charge is 0.0532 e. The first-order chi connectivity index (χ1) is 9.28. The van der Waals surface area contributed by atoms with Crippen LogP contribution < -0.4 is 0 Å². The van der Waals surface area contributed by atoms with Gasteiger partial charge < -0.3 is 0 Å². The topological polar surface area (TPSA) is 3.24 Å². The molecule has 94 valence electrons. The minimum Gasteiger partial charge on any atom is -0.292 e. The summed E-state index contributed by atoms with van der Waals surface area (Å²) in [6, 6.07) is 13.8. The third-order valence-electron chi connectivity index (χ3n) is 4.08. The van der Waals surface area contributed by atoms with Crippen LogP contribution in [0.1, 0.15) is 17.2 Å². The Morgan fingerprint density at radius 3 is 2.89 bits per heavy atom. The van der Waals surface area contributed by atoms with Crippen molar-refractivity contribution in [2.75, 3.05) is 7.05 Å². The van der Waals surface area contributed by atoms with Crippen LogP contribution in [0.4, 0.5) is 0 Å². The lowest BCUT2D eigenvalue weighted by Crippen LogP contribution is -2.13. The van der Waals surface area contributed by atoms with E-state index in [2.05, 4.69) is 54.9 Å². The van der Waals surface area contributed by atoms with Crippen LogP contribution in [0, 0.1) is 0 Å². The molecule has 0 saturated carbocycles. The predicted octanol–water partition coefficient (Wildman–Crippen LogP) is 4.73. The normalized spacial score (nSPS) is 19.1. The van der Waals surface area contributed by atoms with Crippen molar-refractivity contribution < 1.29 is 0 Å². The van der Waals surface area contributed by atoms with Crippen molar-refractivity contribution in [3.8, 4) is 0 Å². The van der Waals surface area contributed by atoms with Crippen molar-refractivity contribution >= 4 is 31.5 Å². The van der Waals surface area contributed by atoms with E-state index in [9.17, 15) is 0 Å². The highest BCUT2D eigenvalue weighted by molar-refractivity contribution is 7.25. The van der Waals surface area contributed by atoms with Gasteiger partial charge in [0, 0.05) is 26.7 Å². The fraction of sp³-hybridized carbons (Fsp3) is 0.176. The van der Waals surface area contributed by atoms with E-state index >= 15 is 0 Å². The first-order valence-corrected chi connectivity index (χ1v) is 7.36. The maximum Gasteiger partial charge on any atom is 0.0532 e. The Morgan fingerprint density at radius 1 is 1.21 bits per heavy atom. The first-order valence-electron chi connectivity index (χ1n) is 6.55. The molecule has 2 aromatic carbocycles. The SMILES string of the molecule is C=CC1c2cc3c(cc2CN1C)sc1ccccc13. The molecule has 1 nitrogen and oxygen atoms in total. The average molecular weight is 265 g/mol. The van der Waals surface area contributed by atoms with E-state index in [1.54, 1.807) is 0 Å². The van der Waals surface area contributed by atoms with Gasteiger partial charge in [-0.1, -0.05) is 24.3 Å². The molecule has 1 aliphatic heterocycles. The van der Waals surface area contributed by atoms with Crippen molar-refractivity contribution in [3.05, 3.63) is 60.2 Å². The maximum atomic E-state index is 3.98. The molecule has 0 N–H and O–H groups in total. The quantitative estimate of drug-likeness (QED) is 0.575. The lowest BCUT2D eigenvalue weighted by atomic mass is 10.0. The molecule has 0 amide bonds. The van der Waals surface area contributed by atoms with Crippen molar-refractivity contribution in [2.24, 2.45) is 0 Å². The number of likely N-dealkylation sites (N-methyl/N-ethyl adjacent to an activating group) is 1. The molecule has 2 heteroatoms. The van der Waals surface area contributed by atoms with Crippen molar-refractivity contribution in [1.29, 1.82) is 0 Å². The van der Waals surface area contributed by atoms with Gasteiger partial charge in [-0.2, -0.15) is 0 Å². The number of nitrogens with zero attached hydrogens (tertiary/aromatic N) is 1. The molecule has 1 atom stereocenters. The lowest BCUT2D eigenvalue weighted by Gasteiger charge is -2.15. The minimum absolute atomic E-state index is 0.359. The van der Waals surface area contributed by atoms with E-state index in [4.69, 9.17) is 0 Å². The summed E-state index contributed by atoms with van der Waals surface area (Å²) >= 11 is 1.89. The Bertz CT molecular complexity index is 799. The first kappa shape index (κ1) is 11.2. The van der Waals surface area contributed by atoms with E-state index in [1.165, 1.54) is 31.3 Å². The Hall–Kier alpha value is -1.64. The molecular formula is C17H15NS. The maximum absolute atomic E-state index is 3.98. The van der Waals surface area contributed by atoms with Crippen LogP contribution in [0.25, 0.3) is 20.2 Å². The predicted molar refractivity (Wildman–Crippen MR) is 83.7 cm³/mol. The van der Waals surface area contributed by atoms with E-state index in [-0.39, 0.29) is 0 Å². The summed E-state index contributed by atoms with van der Waals surface area (Å²) < 4.78 is 2.78. The van der Waals surface area contributed by atoms with Crippen LogP contribution in [-0.4, -0.2) is 11.9 Å². The Balaban J connectivity index is 2.07. The van der Waals surface area contributed by atoms with E-state index < -0.39 is 0 Å². The molecule has 0 radical (unpaired) electrons. The van der Waals surface area contributed by atoms with Gasteiger partial charge in [0.1, 0.15) is 0 Å². The van der Waals surface area contributed by atoms with E-state index in [0.717, 1.165) is 6.54 Å². The van der Waals surface area contributed by atoms with E-state index in [0.29, 0.717) is 6.04 Å². The largest absolute Gasteiger partial charge is 0.292 e. The highest BCUT2D eigenvalue weighted by Crippen LogP contribution is 2.41. The van der Waals surface area contributed by atoms with Crippen LogP contribution in [0.2, 0.25) is 0 Å². The second kappa shape index (κ2) is 3.92. The van der Waals surface area contributed by atoms with Crippen LogP contribution >= 0.6 is 11.3 Å². The van der Waals surface area contributed by atoms with Gasteiger partial charge >= 0.3 is 0 Å². The van der Waals surface area contributed by atoms with Gasteiger partial charge in [0.25, 0.3) is 0 Å². The summed E-state index contributed by atoms with van der Waals surface area (Å²) in [7, 11) is 2.17. The van der Waals surface area contributed by atoms with Gasteiger partial charge in [-0.15, -0.1) is 17.9 Å². The van der Waals surface area contributed by atoms with Crippen molar-refractivity contribution in [1.82, 2.24) is 4.90 Å². The summed E-state index contributed by atoms with van der Waals surface area (Å²) in [5.41, 5.74) is 2.88. The zero-order valence-corrected chi connectivity index (χ0v) is 11.7. The van der Waals surface area contributed by atoms with Crippen LogP contribution in [0.5, 0.6) is 0 Å². The fourth-order valence-corrected chi connectivity index (χ4v) is 4.31. The molecule has 1 aromatic heterocycles. The van der Waals surface area contributed by atoms with Crippen LogP contribution in [-0.2, 0) is 6.54 Å². The Labute approximate surface area is 116 Å². The minimum atomic E-state index is 0.359. The van der Waals surface area contributed by atoms with Gasteiger partial charge in [0.2, 0.25) is 0 Å². The van der Waals surface area contributed by atoms with Gasteiger partial charge in [-0.3, -0.25) is 4.90 Å². The molecule has 0 bridgehead atoms. The molecule has 0 fully saturated rings. The highest BCUT2D eigenvalue weighted by atomic mass is 32.1. The number of thiophene rings is 1. The van der Waals surface area contributed by atoms with Gasteiger partial charge in [-0.25, -0.2) is 0 Å². The summed E-state index contributed by atoms with van der Waals surface area (Å²) in [6.07, 6.45) is 2.05. The Kier molecular flexibility index (Phi) is 2.32. The number of benzene rings is 2.